The van der Waals surface area contributed by atoms with Crippen molar-refractivity contribution in [1.29, 1.82) is 0 Å². The van der Waals surface area contributed by atoms with E-state index >= 15 is 0 Å². The van der Waals surface area contributed by atoms with Crippen molar-refractivity contribution >= 4 is 17.4 Å². The Hall–Kier alpha value is -1.68. The summed E-state index contributed by atoms with van der Waals surface area (Å²) in [6, 6.07) is 12.9. The highest BCUT2D eigenvalue weighted by molar-refractivity contribution is 7.99. The number of hydrogen-bond donors (Lipinski definition) is 2. The van der Waals surface area contributed by atoms with Crippen LogP contribution in [0.3, 0.4) is 0 Å². The molecule has 2 N–H and O–H groups in total. The molecule has 4 heteroatoms. The van der Waals surface area contributed by atoms with Crippen molar-refractivity contribution in [1.82, 2.24) is 0 Å². The highest BCUT2D eigenvalue weighted by Crippen LogP contribution is 2.44. The Morgan fingerprint density at radius 2 is 2.00 bits per heavy atom. The number of rotatable bonds is 2. The molecule has 98 valence electrons. The lowest BCUT2D eigenvalue weighted by molar-refractivity contribution is 0.474. The highest BCUT2D eigenvalue weighted by Gasteiger charge is 2.20. The molecule has 19 heavy (non-hydrogen) atoms. The van der Waals surface area contributed by atoms with Gasteiger partial charge in [-0.3, -0.25) is 0 Å². The van der Waals surface area contributed by atoms with Crippen LogP contribution in [0.25, 0.3) is 0 Å². The van der Waals surface area contributed by atoms with Gasteiger partial charge in [0.2, 0.25) is 0 Å². The topological polar surface area (TPSA) is 32.3 Å². The van der Waals surface area contributed by atoms with Gasteiger partial charge in [0.25, 0.3) is 0 Å². The fourth-order valence-electron chi connectivity index (χ4n) is 2.16. The summed E-state index contributed by atoms with van der Waals surface area (Å²) in [5.74, 6) is 0.279. The van der Waals surface area contributed by atoms with Crippen LogP contribution < -0.4 is 5.32 Å². The molecule has 1 heterocycles. The Balaban J connectivity index is 1.84. The monoisotopic (exact) mass is 275 g/mol. The van der Waals surface area contributed by atoms with Crippen molar-refractivity contribution < 1.29 is 9.50 Å². The molecule has 2 aromatic rings. The first-order chi connectivity index (χ1) is 9.26. The van der Waals surface area contributed by atoms with Crippen LogP contribution in [0.2, 0.25) is 0 Å². The number of phenolic OH excluding ortho intramolecular Hbond substituents is 1. The molecule has 2 nitrogen and oxygen atoms in total. The minimum Gasteiger partial charge on any atom is -0.508 e. The van der Waals surface area contributed by atoms with Crippen LogP contribution in [0, 0.1) is 0 Å². The van der Waals surface area contributed by atoms with Gasteiger partial charge in [0.1, 0.15) is 12.4 Å². The van der Waals surface area contributed by atoms with E-state index in [1.807, 2.05) is 30.3 Å². The van der Waals surface area contributed by atoms with Crippen molar-refractivity contribution in [3.8, 4) is 5.75 Å². The lowest BCUT2D eigenvalue weighted by Crippen LogP contribution is -2.15. The van der Waals surface area contributed by atoms with Crippen molar-refractivity contribution in [3.63, 3.8) is 0 Å². The van der Waals surface area contributed by atoms with Gasteiger partial charge in [-0.05, 0) is 29.3 Å². The van der Waals surface area contributed by atoms with E-state index in [4.69, 9.17) is 0 Å². The largest absolute Gasteiger partial charge is 0.508 e. The first-order valence-corrected chi connectivity index (χ1v) is 7.02. The second-order valence-electron chi connectivity index (χ2n) is 4.54. The van der Waals surface area contributed by atoms with E-state index in [1.54, 1.807) is 23.9 Å². The van der Waals surface area contributed by atoms with Gasteiger partial charge in [-0.25, -0.2) is 4.39 Å². The number of halogens is 1. The van der Waals surface area contributed by atoms with Crippen molar-refractivity contribution in [2.75, 3.05) is 11.9 Å². The van der Waals surface area contributed by atoms with Gasteiger partial charge >= 0.3 is 0 Å². The molecule has 0 radical (unpaired) electrons. The summed E-state index contributed by atoms with van der Waals surface area (Å²) in [6.07, 6.45) is 0. The van der Waals surface area contributed by atoms with E-state index in [1.165, 1.54) is 5.56 Å². The molecule has 2 aromatic carbocycles. The van der Waals surface area contributed by atoms with Gasteiger partial charge in [-0.15, -0.1) is 11.8 Å². The van der Waals surface area contributed by atoms with E-state index in [2.05, 4.69) is 5.32 Å². The quantitative estimate of drug-likeness (QED) is 0.809. The van der Waals surface area contributed by atoms with E-state index in [9.17, 15) is 9.50 Å². The zero-order chi connectivity index (χ0) is 13.2. The predicted molar refractivity (Wildman–Crippen MR) is 76.4 cm³/mol. The van der Waals surface area contributed by atoms with Crippen LogP contribution in [0.15, 0.2) is 47.4 Å². The Labute approximate surface area is 115 Å². The maximum absolute atomic E-state index is 12.5. The summed E-state index contributed by atoms with van der Waals surface area (Å²) >= 11 is 1.72. The lowest BCUT2D eigenvalue weighted by atomic mass is 10.1. The molecule has 1 aliphatic rings. The smallest absolute Gasteiger partial charge is 0.116 e. The van der Waals surface area contributed by atoms with E-state index in [-0.39, 0.29) is 11.0 Å². The number of phenols is 1. The second kappa shape index (κ2) is 5.13. The molecular formula is C15H14FNOS. The van der Waals surface area contributed by atoms with Gasteiger partial charge < -0.3 is 10.4 Å². The lowest BCUT2D eigenvalue weighted by Gasteiger charge is -2.26. The number of fused-ring (bicyclic) bond motifs is 1. The van der Waals surface area contributed by atoms with Crippen molar-refractivity contribution in [2.24, 2.45) is 0 Å². The molecule has 0 fully saturated rings. The van der Waals surface area contributed by atoms with Gasteiger partial charge in [0, 0.05) is 17.1 Å². The molecule has 0 aromatic heterocycles. The van der Waals surface area contributed by atoms with Crippen LogP contribution in [-0.2, 0) is 6.67 Å². The summed E-state index contributed by atoms with van der Waals surface area (Å²) in [4.78, 5) is 1.05. The maximum atomic E-state index is 12.5. The van der Waals surface area contributed by atoms with Crippen LogP contribution in [0.5, 0.6) is 5.75 Å². The minimum atomic E-state index is -0.424. The standard InChI is InChI=1S/C15H14FNOS/c16-8-10-1-3-11(4-2-10)15-9-17-13-6-5-12(18)7-14(13)19-15/h1-7,15,17-18H,8-9H2. The molecule has 0 amide bonds. The molecule has 0 spiro atoms. The third kappa shape index (κ3) is 2.54. The summed E-state index contributed by atoms with van der Waals surface area (Å²) < 4.78 is 12.5. The summed E-state index contributed by atoms with van der Waals surface area (Å²) in [5.41, 5.74) is 2.93. The maximum Gasteiger partial charge on any atom is 0.116 e. The number of alkyl halides is 1. The Kier molecular flexibility index (Phi) is 3.34. The van der Waals surface area contributed by atoms with Crippen molar-refractivity contribution in [2.45, 2.75) is 16.8 Å². The number of nitrogens with one attached hydrogen (secondary N) is 1. The molecule has 0 saturated carbocycles. The fraction of sp³-hybridized carbons (Fsp3) is 0.200. The van der Waals surface area contributed by atoms with Crippen molar-refractivity contribution in [3.05, 3.63) is 53.6 Å². The zero-order valence-corrected chi connectivity index (χ0v) is 11.1. The Morgan fingerprint density at radius 3 is 2.74 bits per heavy atom. The van der Waals surface area contributed by atoms with E-state index < -0.39 is 6.67 Å². The zero-order valence-electron chi connectivity index (χ0n) is 10.3. The van der Waals surface area contributed by atoms with Crippen LogP contribution >= 0.6 is 11.8 Å². The number of anilines is 1. The Morgan fingerprint density at radius 1 is 1.21 bits per heavy atom. The summed E-state index contributed by atoms with van der Waals surface area (Å²) in [7, 11) is 0. The average molecular weight is 275 g/mol. The normalized spacial score (nSPS) is 17.6. The molecule has 0 saturated heterocycles. The van der Waals surface area contributed by atoms with Gasteiger partial charge in [-0.1, -0.05) is 24.3 Å². The van der Waals surface area contributed by atoms with Gasteiger partial charge in [0.15, 0.2) is 0 Å². The molecule has 1 atom stereocenters. The number of benzene rings is 2. The third-order valence-corrected chi connectivity index (χ3v) is 4.53. The number of thioether (sulfide) groups is 1. The SMILES string of the molecule is Oc1ccc2c(c1)SC(c1ccc(CF)cc1)CN2. The second-order valence-corrected chi connectivity index (χ2v) is 5.79. The molecule has 0 aliphatic carbocycles. The van der Waals surface area contributed by atoms with E-state index in [0.717, 1.165) is 17.1 Å². The highest BCUT2D eigenvalue weighted by atomic mass is 32.2. The molecular weight excluding hydrogens is 261 g/mol. The Bertz CT molecular complexity index is 585. The number of aromatic hydroxyl groups is 1. The van der Waals surface area contributed by atoms with Crippen LogP contribution in [0.4, 0.5) is 10.1 Å². The van der Waals surface area contributed by atoms with Gasteiger partial charge in [-0.2, -0.15) is 0 Å². The first kappa shape index (κ1) is 12.4. The fourth-order valence-corrected chi connectivity index (χ4v) is 3.38. The number of hydrogen-bond acceptors (Lipinski definition) is 3. The minimum absolute atomic E-state index is 0.279. The first-order valence-electron chi connectivity index (χ1n) is 6.14. The summed E-state index contributed by atoms with van der Waals surface area (Å²) in [5, 5.41) is 13.2. The van der Waals surface area contributed by atoms with Crippen LogP contribution in [-0.4, -0.2) is 11.7 Å². The molecule has 1 unspecified atom stereocenters. The average Bonchev–Trinajstić information content (AvgIpc) is 2.46. The third-order valence-electron chi connectivity index (χ3n) is 3.22. The van der Waals surface area contributed by atoms with Gasteiger partial charge in [0.05, 0.1) is 5.25 Å². The van der Waals surface area contributed by atoms with E-state index in [0.29, 0.717) is 5.56 Å². The molecule has 1 aliphatic heterocycles. The molecule has 0 bridgehead atoms. The van der Waals surface area contributed by atoms with Crippen LogP contribution in [0.1, 0.15) is 16.4 Å². The molecule has 3 rings (SSSR count). The summed E-state index contributed by atoms with van der Waals surface area (Å²) in [6.45, 7) is 0.407. The predicted octanol–water partition coefficient (Wildman–Crippen LogP) is 4.12.